The van der Waals surface area contributed by atoms with Crippen LogP contribution in [0.2, 0.25) is 0 Å². The molecule has 8 heteroatoms. The fourth-order valence-corrected chi connectivity index (χ4v) is 4.06. The van der Waals surface area contributed by atoms with Crippen LogP contribution < -0.4 is 16.4 Å². The number of primary amides is 1. The van der Waals surface area contributed by atoms with Crippen LogP contribution in [-0.2, 0) is 4.74 Å². The first kappa shape index (κ1) is 20.3. The number of anilines is 3. The average molecular weight is 409 g/mol. The number of carbonyl (C=O) groups is 1. The number of nitrogens with zero attached hydrogens (tertiary/aromatic N) is 2. The van der Waals surface area contributed by atoms with Crippen molar-refractivity contribution in [3.8, 4) is 0 Å². The number of rotatable bonds is 6. The van der Waals surface area contributed by atoms with Crippen molar-refractivity contribution >= 4 is 29.1 Å². The SMILES string of the molecule is N=C1CCCC[C@H]1Nc1ncc(C(N)=O)c(Nc2ccc(C3CCOCC3)cc2)n1. The summed E-state index contributed by atoms with van der Waals surface area (Å²) in [6, 6.07) is 8.12. The van der Waals surface area contributed by atoms with E-state index in [4.69, 9.17) is 15.9 Å². The van der Waals surface area contributed by atoms with Crippen molar-refractivity contribution in [1.82, 2.24) is 9.97 Å². The summed E-state index contributed by atoms with van der Waals surface area (Å²) in [4.78, 5) is 20.6. The second-order valence-electron chi connectivity index (χ2n) is 7.92. The van der Waals surface area contributed by atoms with Crippen LogP contribution in [0.15, 0.2) is 30.5 Å². The highest BCUT2D eigenvalue weighted by Crippen LogP contribution is 2.29. The Kier molecular flexibility index (Phi) is 6.23. The van der Waals surface area contributed by atoms with Gasteiger partial charge >= 0.3 is 0 Å². The number of nitrogens with two attached hydrogens (primary N) is 1. The topological polar surface area (TPSA) is 126 Å². The molecule has 0 unspecified atom stereocenters. The molecular formula is C22H28N6O2. The van der Waals surface area contributed by atoms with Gasteiger partial charge in [0.2, 0.25) is 5.95 Å². The number of aromatic nitrogens is 2. The molecule has 1 aliphatic carbocycles. The molecule has 1 aliphatic heterocycles. The van der Waals surface area contributed by atoms with Gasteiger partial charge in [-0.15, -0.1) is 0 Å². The molecule has 0 spiro atoms. The summed E-state index contributed by atoms with van der Waals surface area (Å²) < 4.78 is 5.44. The number of nitrogens with one attached hydrogen (secondary N) is 3. The van der Waals surface area contributed by atoms with Crippen LogP contribution >= 0.6 is 0 Å². The summed E-state index contributed by atoms with van der Waals surface area (Å²) in [5.74, 6) is 0.682. The molecule has 1 amide bonds. The van der Waals surface area contributed by atoms with Crippen LogP contribution in [0.1, 0.15) is 60.4 Å². The lowest BCUT2D eigenvalue weighted by molar-refractivity contribution is 0.0853. The zero-order valence-corrected chi connectivity index (χ0v) is 17.0. The maximum atomic E-state index is 11.9. The lowest BCUT2D eigenvalue weighted by Crippen LogP contribution is -2.32. The first-order valence-electron chi connectivity index (χ1n) is 10.6. The third-order valence-corrected chi connectivity index (χ3v) is 5.83. The summed E-state index contributed by atoms with van der Waals surface area (Å²) in [6.07, 6.45) is 7.31. The Hall–Kier alpha value is -3.00. The first-order chi connectivity index (χ1) is 14.6. The largest absolute Gasteiger partial charge is 0.381 e. The third-order valence-electron chi connectivity index (χ3n) is 5.83. The fourth-order valence-electron chi connectivity index (χ4n) is 4.06. The van der Waals surface area contributed by atoms with Crippen LogP contribution in [0.25, 0.3) is 0 Å². The highest BCUT2D eigenvalue weighted by atomic mass is 16.5. The van der Waals surface area contributed by atoms with E-state index in [1.807, 2.05) is 12.1 Å². The van der Waals surface area contributed by atoms with E-state index in [9.17, 15) is 4.79 Å². The van der Waals surface area contributed by atoms with Crippen molar-refractivity contribution in [2.45, 2.75) is 50.5 Å². The summed E-state index contributed by atoms with van der Waals surface area (Å²) in [5, 5.41) is 14.6. The van der Waals surface area contributed by atoms with Gasteiger partial charge in [-0.3, -0.25) is 4.79 Å². The highest BCUT2D eigenvalue weighted by molar-refractivity contribution is 5.98. The van der Waals surface area contributed by atoms with Crippen LogP contribution in [-0.4, -0.2) is 40.8 Å². The fraction of sp³-hybridized carbons (Fsp3) is 0.455. The van der Waals surface area contributed by atoms with E-state index in [2.05, 4.69) is 32.7 Å². The number of ether oxygens (including phenoxy) is 1. The molecule has 2 aromatic rings. The molecule has 4 rings (SSSR count). The minimum atomic E-state index is -0.590. The van der Waals surface area contributed by atoms with Crippen LogP contribution in [0.4, 0.5) is 17.5 Å². The average Bonchev–Trinajstić information content (AvgIpc) is 2.76. The van der Waals surface area contributed by atoms with Gasteiger partial charge < -0.3 is 26.5 Å². The van der Waals surface area contributed by atoms with Crippen molar-refractivity contribution in [2.75, 3.05) is 23.8 Å². The normalized spacial score (nSPS) is 20.0. The molecule has 1 saturated heterocycles. The molecule has 30 heavy (non-hydrogen) atoms. The molecule has 2 heterocycles. The van der Waals surface area contributed by atoms with Gasteiger partial charge in [0.1, 0.15) is 11.4 Å². The van der Waals surface area contributed by atoms with Crippen molar-refractivity contribution in [3.63, 3.8) is 0 Å². The van der Waals surface area contributed by atoms with Gasteiger partial charge in [0.05, 0.1) is 6.04 Å². The van der Waals surface area contributed by atoms with Crippen molar-refractivity contribution < 1.29 is 9.53 Å². The number of hydrogen-bond donors (Lipinski definition) is 4. The monoisotopic (exact) mass is 408 g/mol. The van der Waals surface area contributed by atoms with Gasteiger partial charge in [-0.1, -0.05) is 18.6 Å². The first-order valence-corrected chi connectivity index (χ1v) is 10.6. The molecule has 1 atom stereocenters. The standard InChI is InChI=1S/C22H28N6O2/c23-18-3-1-2-4-19(18)27-22-25-13-17(20(24)29)21(28-22)26-16-7-5-14(6-8-16)15-9-11-30-12-10-15/h5-8,13,15,19,23H,1-4,9-12H2,(H2,24,29)(H2,25,26,27,28)/t19-/m1/s1. The van der Waals surface area contributed by atoms with Gasteiger partial charge in [0, 0.05) is 30.8 Å². The molecule has 0 radical (unpaired) electrons. The Morgan fingerprint density at radius 1 is 1.13 bits per heavy atom. The zero-order valence-electron chi connectivity index (χ0n) is 17.0. The Morgan fingerprint density at radius 2 is 1.90 bits per heavy atom. The van der Waals surface area contributed by atoms with Crippen LogP contribution in [0.5, 0.6) is 0 Å². The summed E-state index contributed by atoms with van der Waals surface area (Å²) in [5.41, 5.74) is 8.53. The molecular weight excluding hydrogens is 380 g/mol. The zero-order chi connectivity index (χ0) is 20.9. The Bertz CT molecular complexity index is 908. The summed E-state index contributed by atoms with van der Waals surface area (Å²) in [7, 11) is 0. The van der Waals surface area contributed by atoms with Gasteiger partial charge in [-0.25, -0.2) is 4.98 Å². The van der Waals surface area contributed by atoms with Crippen molar-refractivity contribution in [3.05, 3.63) is 41.6 Å². The Morgan fingerprint density at radius 3 is 2.60 bits per heavy atom. The number of hydrogen-bond acceptors (Lipinski definition) is 7. The predicted octanol–water partition coefficient (Wildman–Crippen LogP) is 3.59. The van der Waals surface area contributed by atoms with Crippen molar-refractivity contribution in [1.29, 1.82) is 5.41 Å². The van der Waals surface area contributed by atoms with E-state index in [1.165, 1.54) is 11.8 Å². The van der Waals surface area contributed by atoms with Crippen molar-refractivity contribution in [2.24, 2.45) is 5.73 Å². The molecule has 158 valence electrons. The molecule has 1 aromatic heterocycles. The molecule has 8 nitrogen and oxygen atoms in total. The van der Waals surface area contributed by atoms with E-state index >= 15 is 0 Å². The Balaban J connectivity index is 1.51. The van der Waals surface area contributed by atoms with E-state index < -0.39 is 5.91 Å². The van der Waals surface area contributed by atoms with E-state index in [-0.39, 0.29) is 11.6 Å². The number of carbonyl (C=O) groups excluding carboxylic acids is 1. The second-order valence-corrected chi connectivity index (χ2v) is 7.92. The number of amides is 1. The van der Waals surface area contributed by atoms with E-state index in [0.29, 0.717) is 23.4 Å². The van der Waals surface area contributed by atoms with E-state index in [1.54, 1.807) is 0 Å². The molecule has 5 N–H and O–H groups in total. The second kappa shape index (κ2) is 9.21. The summed E-state index contributed by atoms with van der Waals surface area (Å²) >= 11 is 0. The molecule has 0 bridgehead atoms. The quantitative estimate of drug-likeness (QED) is 0.579. The Labute approximate surface area is 176 Å². The van der Waals surface area contributed by atoms with E-state index in [0.717, 1.165) is 57.4 Å². The third kappa shape index (κ3) is 4.76. The molecule has 1 saturated carbocycles. The lowest BCUT2D eigenvalue weighted by Gasteiger charge is -2.24. The van der Waals surface area contributed by atoms with Gasteiger partial charge in [0.25, 0.3) is 5.91 Å². The minimum Gasteiger partial charge on any atom is -0.381 e. The molecule has 2 fully saturated rings. The van der Waals surface area contributed by atoms with Crippen LogP contribution in [0, 0.1) is 5.41 Å². The maximum Gasteiger partial charge on any atom is 0.254 e. The lowest BCUT2D eigenvalue weighted by atomic mass is 9.92. The number of benzene rings is 1. The van der Waals surface area contributed by atoms with Gasteiger partial charge in [0.15, 0.2) is 0 Å². The minimum absolute atomic E-state index is 0.0650. The van der Waals surface area contributed by atoms with Crippen LogP contribution in [0.3, 0.4) is 0 Å². The maximum absolute atomic E-state index is 11.9. The smallest absolute Gasteiger partial charge is 0.254 e. The van der Waals surface area contributed by atoms with Gasteiger partial charge in [-0.05, 0) is 55.7 Å². The highest BCUT2D eigenvalue weighted by Gasteiger charge is 2.21. The molecule has 2 aliphatic rings. The van der Waals surface area contributed by atoms with Gasteiger partial charge in [-0.2, -0.15) is 4.98 Å². The molecule has 1 aromatic carbocycles. The predicted molar refractivity (Wildman–Crippen MR) is 117 cm³/mol. The summed E-state index contributed by atoms with van der Waals surface area (Å²) in [6.45, 7) is 1.61.